The molecule has 0 radical (unpaired) electrons. The molecule has 0 saturated heterocycles. The summed E-state index contributed by atoms with van der Waals surface area (Å²) >= 11 is 0. The standard InChI is InChI=1S/C8H8N4O/c9-6-1-4-3-11-12-8(13)5(4)2-7(6)10/h1-2H,3,9-10H2. The zero-order valence-electron chi connectivity index (χ0n) is 6.82. The van der Waals surface area contributed by atoms with Crippen LogP contribution in [0.15, 0.2) is 22.4 Å². The molecule has 1 heterocycles. The number of amides is 1. The first-order valence-electron chi connectivity index (χ1n) is 3.78. The average molecular weight is 176 g/mol. The Morgan fingerprint density at radius 1 is 1.23 bits per heavy atom. The molecule has 0 spiro atoms. The molecule has 5 heteroatoms. The molecule has 1 aliphatic rings. The number of hydrogen-bond acceptors (Lipinski definition) is 4. The summed E-state index contributed by atoms with van der Waals surface area (Å²) in [5, 5.41) is 7.08. The third-order valence-corrected chi connectivity index (χ3v) is 1.94. The fourth-order valence-electron chi connectivity index (χ4n) is 1.24. The number of anilines is 2. The third kappa shape index (κ3) is 1.14. The quantitative estimate of drug-likeness (QED) is 0.576. The Hall–Kier alpha value is -1.91. The maximum atomic E-state index is 11.2. The molecule has 0 atom stereocenters. The molecule has 4 N–H and O–H groups in total. The molecule has 0 aromatic heterocycles. The van der Waals surface area contributed by atoms with E-state index in [0.717, 1.165) is 5.56 Å². The van der Waals surface area contributed by atoms with Crippen LogP contribution in [0.3, 0.4) is 0 Å². The molecule has 0 fully saturated rings. The van der Waals surface area contributed by atoms with Crippen molar-refractivity contribution in [2.75, 3.05) is 11.5 Å². The van der Waals surface area contributed by atoms with Crippen LogP contribution in [0.1, 0.15) is 15.9 Å². The van der Waals surface area contributed by atoms with E-state index in [9.17, 15) is 4.79 Å². The van der Waals surface area contributed by atoms with E-state index in [0.29, 0.717) is 23.5 Å². The Labute approximate surface area is 74.4 Å². The Bertz CT molecular complexity index is 411. The Balaban J connectivity index is 2.63. The smallest absolute Gasteiger partial charge is 0.295 e. The highest BCUT2D eigenvalue weighted by atomic mass is 16.1. The molecule has 0 aliphatic carbocycles. The molecule has 0 saturated carbocycles. The number of azo groups is 1. The maximum absolute atomic E-state index is 11.2. The van der Waals surface area contributed by atoms with Gasteiger partial charge in [0, 0.05) is 0 Å². The van der Waals surface area contributed by atoms with Crippen LogP contribution in [0.5, 0.6) is 0 Å². The molecule has 5 nitrogen and oxygen atoms in total. The maximum Gasteiger partial charge on any atom is 0.295 e. The van der Waals surface area contributed by atoms with Gasteiger partial charge in [-0.25, -0.2) is 0 Å². The third-order valence-electron chi connectivity index (χ3n) is 1.94. The molecule has 0 bridgehead atoms. The summed E-state index contributed by atoms with van der Waals surface area (Å²) in [5.41, 5.74) is 13.3. The number of nitrogens with two attached hydrogens (primary N) is 2. The molecule has 1 aromatic rings. The van der Waals surface area contributed by atoms with Gasteiger partial charge in [0.2, 0.25) is 0 Å². The summed E-state index contributed by atoms with van der Waals surface area (Å²) in [4.78, 5) is 11.2. The summed E-state index contributed by atoms with van der Waals surface area (Å²) in [7, 11) is 0. The van der Waals surface area contributed by atoms with Gasteiger partial charge in [0.05, 0.1) is 23.5 Å². The van der Waals surface area contributed by atoms with Crippen LogP contribution >= 0.6 is 0 Å². The second kappa shape index (κ2) is 2.55. The molecular formula is C8H8N4O. The van der Waals surface area contributed by atoms with Gasteiger partial charge in [-0.3, -0.25) is 4.79 Å². The summed E-state index contributed by atoms with van der Waals surface area (Å²) < 4.78 is 0. The highest BCUT2D eigenvalue weighted by molar-refractivity contribution is 5.98. The molecular weight excluding hydrogens is 168 g/mol. The second-order valence-corrected chi connectivity index (χ2v) is 2.84. The van der Waals surface area contributed by atoms with E-state index in [4.69, 9.17) is 11.5 Å². The number of hydrogen-bond donors (Lipinski definition) is 2. The van der Waals surface area contributed by atoms with Crippen LogP contribution < -0.4 is 11.5 Å². The molecule has 2 rings (SSSR count). The van der Waals surface area contributed by atoms with E-state index < -0.39 is 0 Å². The van der Waals surface area contributed by atoms with E-state index >= 15 is 0 Å². The van der Waals surface area contributed by atoms with Crippen LogP contribution in [-0.4, -0.2) is 5.91 Å². The summed E-state index contributed by atoms with van der Waals surface area (Å²) in [6.45, 7) is 0.394. The minimum atomic E-state index is -0.354. The SMILES string of the molecule is Nc1cc2c(cc1N)C(=O)N=NC2. The normalized spacial score (nSPS) is 14.3. The summed E-state index contributed by atoms with van der Waals surface area (Å²) in [6.07, 6.45) is 0. The second-order valence-electron chi connectivity index (χ2n) is 2.84. The fraction of sp³-hybridized carbons (Fsp3) is 0.125. The van der Waals surface area contributed by atoms with Crippen molar-refractivity contribution in [1.29, 1.82) is 0 Å². The van der Waals surface area contributed by atoms with Crippen LogP contribution in [0, 0.1) is 0 Å². The highest BCUT2D eigenvalue weighted by Crippen LogP contribution is 2.24. The van der Waals surface area contributed by atoms with Crippen molar-refractivity contribution < 1.29 is 4.79 Å². The van der Waals surface area contributed by atoms with Crippen molar-refractivity contribution in [1.82, 2.24) is 0 Å². The van der Waals surface area contributed by atoms with Crippen molar-refractivity contribution in [3.8, 4) is 0 Å². The first kappa shape index (κ1) is 7.72. The molecule has 13 heavy (non-hydrogen) atoms. The monoisotopic (exact) mass is 176 g/mol. The van der Waals surface area contributed by atoms with Gasteiger partial charge >= 0.3 is 0 Å². The zero-order valence-corrected chi connectivity index (χ0v) is 6.82. The van der Waals surface area contributed by atoms with Crippen molar-refractivity contribution in [2.45, 2.75) is 6.54 Å². The number of benzene rings is 1. The number of rotatable bonds is 0. The van der Waals surface area contributed by atoms with Crippen LogP contribution in [0.25, 0.3) is 0 Å². The number of fused-ring (bicyclic) bond motifs is 1. The molecule has 1 aliphatic heterocycles. The minimum absolute atomic E-state index is 0.354. The lowest BCUT2D eigenvalue weighted by Gasteiger charge is -2.10. The number of carbonyl (C=O) groups is 1. The van der Waals surface area contributed by atoms with E-state index in [1.54, 1.807) is 12.1 Å². The van der Waals surface area contributed by atoms with Crippen LogP contribution in [0.4, 0.5) is 11.4 Å². The number of nitrogen functional groups attached to an aromatic ring is 2. The Morgan fingerprint density at radius 2 is 1.92 bits per heavy atom. The van der Waals surface area contributed by atoms with Crippen molar-refractivity contribution in [2.24, 2.45) is 10.2 Å². The lowest BCUT2D eigenvalue weighted by molar-refractivity contribution is 0.0988. The van der Waals surface area contributed by atoms with E-state index in [2.05, 4.69) is 10.2 Å². The van der Waals surface area contributed by atoms with Gasteiger partial charge in [0.25, 0.3) is 5.91 Å². The Kier molecular flexibility index (Phi) is 1.51. The molecule has 0 unspecified atom stereocenters. The summed E-state index contributed by atoms with van der Waals surface area (Å²) in [6, 6.07) is 3.21. The zero-order chi connectivity index (χ0) is 9.42. The molecule has 1 amide bonds. The fourth-order valence-corrected chi connectivity index (χ4v) is 1.24. The summed E-state index contributed by atoms with van der Waals surface area (Å²) in [5.74, 6) is -0.354. The van der Waals surface area contributed by atoms with Crippen LogP contribution in [0.2, 0.25) is 0 Å². The van der Waals surface area contributed by atoms with E-state index in [1.165, 1.54) is 0 Å². The minimum Gasteiger partial charge on any atom is -0.397 e. The van der Waals surface area contributed by atoms with Crippen molar-refractivity contribution >= 4 is 17.3 Å². The highest BCUT2D eigenvalue weighted by Gasteiger charge is 2.16. The van der Waals surface area contributed by atoms with Gasteiger partial charge in [-0.1, -0.05) is 0 Å². The topological polar surface area (TPSA) is 93.8 Å². The van der Waals surface area contributed by atoms with Gasteiger partial charge in [-0.05, 0) is 17.7 Å². The van der Waals surface area contributed by atoms with Gasteiger partial charge in [0.1, 0.15) is 0 Å². The van der Waals surface area contributed by atoms with E-state index in [1.807, 2.05) is 0 Å². The first-order valence-corrected chi connectivity index (χ1v) is 3.78. The predicted molar refractivity (Wildman–Crippen MR) is 48.2 cm³/mol. The predicted octanol–water partition coefficient (Wildman–Crippen LogP) is 0.957. The number of carbonyl (C=O) groups excluding carboxylic acids is 1. The average Bonchev–Trinajstić information content (AvgIpc) is 2.09. The largest absolute Gasteiger partial charge is 0.397 e. The lowest BCUT2D eigenvalue weighted by atomic mass is 10.0. The van der Waals surface area contributed by atoms with Crippen molar-refractivity contribution in [3.05, 3.63) is 23.3 Å². The van der Waals surface area contributed by atoms with E-state index in [-0.39, 0.29) is 5.91 Å². The molecule has 1 aromatic carbocycles. The number of nitrogens with zero attached hydrogens (tertiary/aromatic N) is 2. The van der Waals surface area contributed by atoms with Gasteiger partial charge < -0.3 is 11.5 Å². The van der Waals surface area contributed by atoms with Gasteiger partial charge in [-0.2, -0.15) is 5.11 Å². The molecule has 66 valence electrons. The lowest BCUT2D eigenvalue weighted by Crippen LogP contribution is -2.07. The first-order chi connectivity index (χ1) is 6.18. The van der Waals surface area contributed by atoms with Gasteiger partial charge in [0.15, 0.2) is 0 Å². The van der Waals surface area contributed by atoms with Gasteiger partial charge in [-0.15, -0.1) is 5.11 Å². The van der Waals surface area contributed by atoms with Crippen LogP contribution in [-0.2, 0) is 6.54 Å². The van der Waals surface area contributed by atoms with Crippen molar-refractivity contribution in [3.63, 3.8) is 0 Å². The Morgan fingerprint density at radius 3 is 2.69 bits per heavy atom.